The van der Waals surface area contributed by atoms with E-state index in [-0.39, 0.29) is 24.0 Å². The van der Waals surface area contributed by atoms with E-state index in [4.69, 9.17) is 21.1 Å². The summed E-state index contributed by atoms with van der Waals surface area (Å²) >= 11 is 7.69. The lowest BCUT2D eigenvalue weighted by Crippen LogP contribution is -2.52. The smallest absolute Gasteiger partial charge is 0.193 e. The molecule has 0 bridgehead atoms. The quantitative estimate of drug-likeness (QED) is 0.255. The average molecular weight is 529 g/mol. The Morgan fingerprint density at radius 3 is 2.81 bits per heavy atom. The zero-order chi connectivity index (χ0) is 18.2. The largest absolute Gasteiger partial charge is 0.377 e. The normalized spacial score (nSPS) is 21.3. The zero-order valence-corrected chi connectivity index (χ0v) is 19.8. The van der Waals surface area contributed by atoms with Gasteiger partial charge in [0.15, 0.2) is 5.96 Å². The molecule has 9 heteroatoms. The summed E-state index contributed by atoms with van der Waals surface area (Å²) in [6.07, 6.45) is 2.57. The van der Waals surface area contributed by atoms with Gasteiger partial charge in [-0.1, -0.05) is 11.6 Å². The molecule has 1 atom stereocenters. The fourth-order valence-corrected chi connectivity index (χ4v) is 4.46. The minimum atomic E-state index is 0. The van der Waals surface area contributed by atoms with Crippen molar-refractivity contribution < 1.29 is 9.47 Å². The molecule has 2 aliphatic rings. The fraction of sp³-hybridized carbons (Fsp3) is 0.722. The first-order chi connectivity index (χ1) is 12.7. The Morgan fingerprint density at radius 1 is 1.37 bits per heavy atom. The van der Waals surface area contributed by atoms with Crippen LogP contribution in [0.25, 0.3) is 0 Å². The second-order valence-corrected chi connectivity index (χ2v) is 8.45. The molecular formula is C18H30ClIN4O2S. The van der Waals surface area contributed by atoms with Crippen LogP contribution in [0.15, 0.2) is 17.1 Å². The number of hydrogen-bond donors (Lipinski definition) is 1. The van der Waals surface area contributed by atoms with Crippen LogP contribution in [-0.4, -0.2) is 81.5 Å². The van der Waals surface area contributed by atoms with Gasteiger partial charge in [-0.05, 0) is 25.0 Å². The van der Waals surface area contributed by atoms with Gasteiger partial charge in [0.2, 0.25) is 0 Å². The fourth-order valence-electron chi connectivity index (χ4n) is 3.33. The van der Waals surface area contributed by atoms with Crippen molar-refractivity contribution in [3.63, 3.8) is 0 Å². The standard InChI is InChI=1S/C18H29ClN4O2S.HI/c1-20-18(21-6-12-24-14-15-3-2-11-25-15)23-9-7-22(8-10-23)13-16-4-5-17(19)26-16;/h4-5,15H,2-3,6-14H2,1H3,(H,20,21);1H. The van der Waals surface area contributed by atoms with Gasteiger partial charge in [-0.15, -0.1) is 35.3 Å². The van der Waals surface area contributed by atoms with Gasteiger partial charge in [-0.2, -0.15) is 0 Å². The monoisotopic (exact) mass is 528 g/mol. The molecule has 3 heterocycles. The second kappa shape index (κ2) is 12.4. The summed E-state index contributed by atoms with van der Waals surface area (Å²) in [5.74, 6) is 0.963. The molecule has 6 nitrogen and oxygen atoms in total. The van der Waals surface area contributed by atoms with Crippen LogP contribution in [0.4, 0.5) is 0 Å². The molecule has 1 N–H and O–H groups in total. The number of nitrogens with one attached hydrogen (secondary N) is 1. The summed E-state index contributed by atoms with van der Waals surface area (Å²) < 4.78 is 12.1. The van der Waals surface area contributed by atoms with Gasteiger partial charge in [-0.3, -0.25) is 9.89 Å². The number of nitrogens with zero attached hydrogens (tertiary/aromatic N) is 3. The third kappa shape index (κ3) is 7.66. The molecule has 0 amide bonds. The Morgan fingerprint density at radius 2 is 2.19 bits per heavy atom. The van der Waals surface area contributed by atoms with Crippen molar-refractivity contribution >= 4 is 52.9 Å². The highest BCUT2D eigenvalue weighted by atomic mass is 127. The van der Waals surface area contributed by atoms with E-state index in [0.717, 1.165) is 69.0 Å². The van der Waals surface area contributed by atoms with Gasteiger partial charge in [-0.25, -0.2) is 0 Å². The van der Waals surface area contributed by atoms with Crippen LogP contribution in [-0.2, 0) is 16.0 Å². The highest BCUT2D eigenvalue weighted by molar-refractivity contribution is 14.0. The lowest BCUT2D eigenvalue weighted by Gasteiger charge is -2.36. The van der Waals surface area contributed by atoms with E-state index in [9.17, 15) is 0 Å². The predicted molar refractivity (Wildman–Crippen MR) is 123 cm³/mol. The number of thiophene rings is 1. The van der Waals surface area contributed by atoms with Crippen LogP contribution in [0.3, 0.4) is 0 Å². The number of aliphatic imine (C=N–C) groups is 1. The number of ether oxygens (including phenoxy) is 2. The molecule has 1 unspecified atom stereocenters. The number of piperazine rings is 1. The van der Waals surface area contributed by atoms with Crippen LogP contribution in [0.5, 0.6) is 0 Å². The zero-order valence-electron chi connectivity index (χ0n) is 15.9. The lowest BCUT2D eigenvalue weighted by molar-refractivity contribution is 0.0189. The summed E-state index contributed by atoms with van der Waals surface area (Å²) in [6.45, 7) is 8.04. The minimum Gasteiger partial charge on any atom is -0.377 e. The van der Waals surface area contributed by atoms with E-state index in [1.165, 1.54) is 4.88 Å². The molecule has 3 rings (SSSR count). The van der Waals surface area contributed by atoms with Crippen LogP contribution < -0.4 is 5.32 Å². The molecule has 1 aromatic rings. The molecule has 0 aliphatic carbocycles. The summed E-state index contributed by atoms with van der Waals surface area (Å²) in [7, 11) is 1.84. The molecule has 0 aromatic carbocycles. The summed E-state index contributed by atoms with van der Waals surface area (Å²) in [4.78, 5) is 10.5. The number of hydrogen-bond acceptors (Lipinski definition) is 5. The van der Waals surface area contributed by atoms with Gasteiger partial charge in [0.1, 0.15) is 0 Å². The number of guanidine groups is 1. The molecule has 1 aromatic heterocycles. The topological polar surface area (TPSA) is 49.3 Å². The van der Waals surface area contributed by atoms with Crippen molar-refractivity contribution in [3.05, 3.63) is 21.3 Å². The Labute approximate surface area is 188 Å². The maximum Gasteiger partial charge on any atom is 0.193 e. The van der Waals surface area contributed by atoms with Crippen molar-refractivity contribution in [1.82, 2.24) is 15.1 Å². The van der Waals surface area contributed by atoms with Crippen LogP contribution in [0, 0.1) is 0 Å². The van der Waals surface area contributed by atoms with Crippen molar-refractivity contribution in [2.75, 3.05) is 59.6 Å². The van der Waals surface area contributed by atoms with Crippen molar-refractivity contribution in [3.8, 4) is 0 Å². The van der Waals surface area contributed by atoms with Crippen molar-refractivity contribution in [2.24, 2.45) is 4.99 Å². The predicted octanol–water partition coefficient (Wildman–Crippen LogP) is 2.91. The molecule has 154 valence electrons. The first kappa shape index (κ1) is 23.2. The number of rotatable bonds is 7. The van der Waals surface area contributed by atoms with Gasteiger partial charge >= 0.3 is 0 Å². The van der Waals surface area contributed by atoms with Gasteiger partial charge in [0.05, 0.1) is 23.7 Å². The Bertz CT molecular complexity index is 575. The van der Waals surface area contributed by atoms with Crippen LogP contribution in [0.1, 0.15) is 17.7 Å². The molecule has 0 spiro atoms. The highest BCUT2D eigenvalue weighted by Gasteiger charge is 2.20. The van der Waals surface area contributed by atoms with E-state index < -0.39 is 0 Å². The number of halogens is 2. The van der Waals surface area contributed by atoms with Gasteiger partial charge < -0.3 is 19.7 Å². The van der Waals surface area contributed by atoms with Crippen molar-refractivity contribution in [2.45, 2.75) is 25.5 Å². The molecule has 27 heavy (non-hydrogen) atoms. The Hall–Kier alpha value is -0.130. The first-order valence-electron chi connectivity index (χ1n) is 9.36. The van der Waals surface area contributed by atoms with Crippen LogP contribution >= 0.6 is 46.9 Å². The molecule has 0 saturated carbocycles. The average Bonchev–Trinajstić information content (AvgIpc) is 3.31. The van der Waals surface area contributed by atoms with E-state index in [1.807, 2.05) is 13.1 Å². The minimum absolute atomic E-state index is 0. The molecular weight excluding hydrogens is 499 g/mol. The third-order valence-corrected chi connectivity index (χ3v) is 5.97. The first-order valence-corrected chi connectivity index (χ1v) is 10.6. The van der Waals surface area contributed by atoms with Gasteiger partial charge in [0, 0.05) is 57.8 Å². The van der Waals surface area contributed by atoms with E-state index in [1.54, 1.807) is 11.3 Å². The Kier molecular flexibility index (Phi) is 10.7. The van der Waals surface area contributed by atoms with Crippen LogP contribution in [0.2, 0.25) is 4.34 Å². The van der Waals surface area contributed by atoms with E-state index >= 15 is 0 Å². The highest BCUT2D eigenvalue weighted by Crippen LogP contribution is 2.23. The summed E-state index contributed by atoms with van der Waals surface area (Å²) in [5.41, 5.74) is 0. The molecule has 2 saturated heterocycles. The maximum absolute atomic E-state index is 6.02. The van der Waals surface area contributed by atoms with Crippen molar-refractivity contribution in [1.29, 1.82) is 0 Å². The summed E-state index contributed by atoms with van der Waals surface area (Å²) in [6, 6.07) is 4.10. The third-order valence-electron chi connectivity index (χ3n) is 4.75. The maximum atomic E-state index is 6.02. The van der Waals surface area contributed by atoms with Gasteiger partial charge in [0.25, 0.3) is 0 Å². The second-order valence-electron chi connectivity index (χ2n) is 6.65. The molecule has 2 fully saturated rings. The van der Waals surface area contributed by atoms with E-state index in [0.29, 0.717) is 19.3 Å². The summed E-state index contributed by atoms with van der Waals surface area (Å²) in [5, 5.41) is 3.41. The molecule has 2 aliphatic heterocycles. The SMILES string of the molecule is CN=C(NCCOCC1CCCO1)N1CCN(Cc2ccc(Cl)s2)CC1.I. The lowest BCUT2D eigenvalue weighted by atomic mass is 10.2. The Balaban J connectivity index is 0.00000261. The van der Waals surface area contributed by atoms with E-state index in [2.05, 4.69) is 26.2 Å². The molecule has 0 radical (unpaired) electrons.